The maximum Gasteiger partial charge on any atom is 0.157 e. The van der Waals surface area contributed by atoms with Crippen LogP contribution in [0.2, 0.25) is 0 Å². The molecule has 1 saturated carbocycles. The third-order valence-electron chi connectivity index (χ3n) is 4.28. The van der Waals surface area contributed by atoms with Crippen LogP contribution in [-0.2, 0) is 0 Å². The number of thioether (sulfide) groups is 1. The Morgan fingerprint density at radius 3 is 2.68 bits per heavy atom. The van der Waals surface area contributed by atoms with Crippen molar-refractivity contribution in [2.24, 2.45) is 10.9 Å². The number of aliphatic imine (C=N–C) groups is 1. The first kappa shape index (κ1) is 13.0. The standard InChI is InChI=1S/C16H22N2S/c1-12(13-7-5-6-8-13)18-16-17-11-15(19-16)14-9-3-2-4-10-14/h2-4,9-10,12-13,15H,5-8,11H2,1H3,(H,17,18). The summed E-state index contributed by atoms with van der Waals surface area (Å²) in [4.78, 5) is 4.67. The maximum absolute atomic E-state index is 4.67. The molecule has 0 saturated heterocycles. The Morgan fingerprint density at radius 1 is 1.21 bits per heavy atom. The van der Waals surface area contributed by atoms with Crippen LogP contribution in [0.4, 0.5) is 0 Å². The number of amidine groups is 1. The fourth-order valence-electron chi connectivity index (χ4n) is 3.07. The molecule has 2 aliphatic rings. The molecule has 19 heavy (non-hydrogen) atoms. The van der Waals surface area contributed by atoms with Gasteiger partial charge in [-0.05, 0) is 31.2 Å². The van der Waals surface area contributed by atoms with Gasteiger partial charge in [-0.2, -0.15) is 0 Å². The lowest BCUT2D eigenvalue weighted by Gasteiger charge is -2.21. The van der Waals surface area contributed by atoms with E-state index in [1.807, 2.05) is 11.8 Å². The summed E-state index contributed by atoms with van der Waals surface area (Å²) in [6, 6.07) is 11.3. The summed E-state index contributed by atoms with van der Waals surface area (Å²) in [6.07, 6.45) is 5.58. The second kappa shape index (κ2) is 6.00. The summed E-state index contributed by atoms with van der Waals surface area (Å²) in [5, 5.41) is 5.28. The highest BCUT2D eigenvalue weighted by Gasteiger charge is 2.26. The third kappa shape index (κ3) is 3.14. The lowest BCUT2D eigenvalue weighted by Crippen LogP contribution is -2.35. The van der Waals surface area contributed by atoms with Crippen molar-refractivity contribution in [3.05, 3.63) is 35.9 Å². The normalized spacial score (nSPS) is 25.3. The Labute approximate surface area is 120 Å². The quantitative estimate of drug-likeness (QED) is 0.901. The average molecular weight is 274 g/mol. The molecular formula is C16H22N2S. The summed E-state index contributed by atoms with van der Waals surface area (Å²) in [6.45, 7) is 3.23. The van der Waals surface area contributed by atoms with Gasteiger partial charge in [0.2, 0.25) is 0 Å². The van der Waals surface area contributed by atoms with E-state index in [1.54, 1.807) is 0 Å². The highest BCUT2D eigenvalue weighted by atomic mass is 32.2. The monoisotopic (exact) mass is 274 g/mol. The molecule has 1 aliphatic heterocycles. The van der Waals surface area contributed by atoms with Crippen molar-refractivity contribution in [3.63, 3.8) is 0 Å². The SMILES string of the molecule is CC(NC1=NCC(c2ccccc2)S1)C1CCCC1. The van der Waals surface area contributed by atoms with E-state index >= 15 is 0 Å². The number of rotatable bonds is 3. The Bertz CT molecular complexity index is 437. The van der Waals surface area contributed by atoms with E-state index in [-0.39, 0.29) is 0 Å². The van der Waals surface area contributed by atoms with Crippen LogP contribution in [0.5, 0.6) is 0 Å². The molecule has 3 rings (SSSR count). The van der Waals surface area contributed by atoms with Crippen LogP contribution >= 0.6 is 11.8 Å². The summed E-state index contributed by atoms with van der Waals surface area (Å²) < 4.78 is 0. The topological polar surface area (TPSA) is 24.4 Å². The zero-order chi connectivity index (χ0) is 13.1. The second-order valence-corrected chi connectivity index (χ2v) is 6.83. The predicted octanol–water partition coefficient (Wildman–Crippen LogP) is 4.00. The third-order valence-corrected chi connectivity index (χ3v) is 5.46. The largest absolute Gasteiger partial charge is 0.362 e. The van der Waals surface area contributed by atoms with Crippen molar-refractivity contribution >= 4 is 16.9 Å². The minimum atomic E-state index is 0.500. The molecule has 3 heteroatoms. The smallest absolute Gasteiger partial charge is 0.157 e. The van der Waals surface area contributed by atoms with Gasteiger partial charge in [-0.25, -0.2) is 0 Å². The lowest BCUT2D eigenvalue weighted by atomic mass is 10.0. The van der Waals surface area contributed by atoms with Gasteiger partial charge in [0.25, 0.3) is 0 Å². The van der Waals surface area contributed by atoms with Crippen LogP contribution < -0.4 is 5.32 Å². The van der Waals surface area contributed by atoms with Crippen LogP contribution in [0.25, 0.3) is 0 Å². The molecule has 1 N–H and O–H groups in total. The molecule has 2 atom stereocenters. The molecule has 2 nitrogen and oxygen atoms in total. The fourth-order valence-corrected chi connectivity index (χ4v) is 4.18. The van der Waals surface area contributed by atoms with Crippen molar-refractivity contribution in [3.8, 4) is 0 Å². The van der Waals surface area contributed by atoms with E-state index in [0.29, 0.717) is 11.3 Å². The zero-order valence-corrected chi connectivity index (χ0v) is 12.3. The molecule has 1 aliphatic carbocycles. The summed E-state index contributed by atoms with van der Waals surface area (Å²) in [5.74, 6) is 0.846. The summed E-state index contributed by atoms with van der Waals surface area (Å²) in [5.41, 5.74) is 1.39. The van der Waals surface area contributed by atoms with Crippen molar-refractivity contribution in [1.29, 1.82) is 0 Å². The molecule has 0 radical (unpaired) electrons. The molecule has 2 unspecified atom stereocenters. The number of hydrogen-bond donors (Lipinski definition) is 1. The number of nitrogens with zero attached hydrogens (tertiary/aromatic N) is 1. The van der Waals surface area contributed by atoms with Gasteiger partial charge in [0.15, 0.2) is 5.17 Å². The molecule has 102 valence electrons. The van der Waals surface area contributed by atoms with E-state index in [0.717, 1.165) is 17.6 Å². The molecule has 1 heterocycles. The van der Waals surface area contributed by atoms with Crippen molar-refractivity contribution in [1.82, 2.24) is 5.32 Å². The number of benzene rings is 1. The van der Waals surface area contributed by atoms with E-state index in [1.165, 1.54) is 31.2 Å². The van der Waals surface area contributed by atoms with Gasteiger partial charge in [-0.15, -0.1) is 0 Å². The van der Waals surface area contributed by atoms with Crippen molar-refractivity contribution < 1.29 is 0 Å². The van der Waals surface area contributed by atoms with Gasteiger partial charge in [-0.1, -0.05) is 54.9 Å². The van der Waals surface area contributed by atoms with Gasteiger partial charge in [-0.3, -0.25) is 4.99 Å². The van der Waals surface area contributed by atoms with Crippen molar-refractivity contribution in [2.75, 3.05) is 6.54 Å². The molecule has 0 bridgehead atoms. The number of hydrogen-bond acceptors (Lipinski definition) is 3. The van der Waals surface area contributed by atoms with E-state index in [2.05, 4.69) is 47.6 Å². The average Bonchev–Trinajstić information content (AvgIpc) is 3.11. The molecule has 1 aromatic rings. The molecule has 1 fully saturated rings. The van der Waals surface area contributed by atoms with Gasteiger partial charge in [0, 0.05) is 6.04 Å². The van der Waals surface area contributed by atoms with Crippen LogP contribution in [0.15, 0.2) is 35.3 Å². The van der Waals surface area contributed by atoms with E-state index in [4.69, 9.17) is 0 Å². The van der Waals surface area contributed by atoms with Gasteiger partial charge >= 0.3 is 0 Å². The van der Waals surface area contributed by atoms with Crippen LogP contribution in [0.3, 0.4) is 0 Å². The first-order valence-electron chi connectivity index (χ1n) is 7.35. The molecular weight excluding hydrogens is 252 g/mol. The van der Waals surface area contributed by atoms with E-state index in [9.17, 15) is 0 Å². The Morgan fingerprint density at radius 2 is 1.95 bits per heavy atom. The summed E-state index contributed by atoms with van der Waals surface area (Å²) >= 11 is 1.89. The molecule has 0 aromatic heterocycles. The minimum Gasteiger partial charge on any atom is -0.362 e. The van der Waals surface area contributed by atoms with Gasteiger partial charge in [0.05, 0.1) is 11.8 Å². The first-order chi connectivity index (χ1) is 9.33. The van der Waals surface area contributed by atoms with Crippen LogP contribution in [-0.4, -0.2) is 17.8 Å². The Hall–Kier alpha value is -0.960. The highest BCUT2D eigenvalue weighted by Crippen LogP contribution is 2.35. The maximum atomic E-state index is 4.67. The first-order valence-corrected chi connectivity index (χ1v) is 8.23. The van der Waals surface area contributed by atoms with Crippen LogP contribution in [0, 0.1) is 5.92 Å². The van der Waals surface area contributed by atoms with Gasteiger partial charge in [0.1, 0.15) is 0 Å². The molecule has 0 amide bonds. The zero-order valence-electron chi connectivity index (χ0n) is 11.5. The Balaban J connectivity index is 1.54. The van der Waals surface area contributed by atoms with Gasteiger partial charge < -0.3 is 5.32 Å². The van der Waals surface area contributed by atoms with E-state index < -0.39 is 0 Å². The Kier molecular flexibility index (Phi) is 4.12. The lowest BCUT2D eigenvalue weighted by molar-refractivity contribution is 0.428. The highest BCUT2D eigenvalue weighted by molar-refractivity contribution is 8.14. The molecule has 1 aromatic carbocycles. The minimum absolute atomic E-state index is 0.500. The molecule has 0 spiro atoms. The fraction of sp³-hybridized carbons (Fsp3) is 0.562. The van der Waals surface area contributed by atoms with Crippen molar-refractivity contribution in [2.45, 2.75) is 43.9 Å². The number of nitrogens with one attached hydrogen (secondary N) is 1. The summed E-state index contributed by atoms with van der Waals surface area (Å²) in [7, 11) is 0. The predicted molar refractivity (Wildman–Crippen MR) is 83.6 cm³/mol. The van der Waals surface area contributed by atoms with Crippen LogP contribution in [0.1, 0.15) is 43.4 Å². The second-order valence-electron chi connectivity index (χ2n) is 5.64.